The quantitative estimate of drug-likeness (QED) is 0.771. The van der Waals surface area contributed by atoms with Crippen molar-refractivity contribution in [2.24, 2.45) is 0 Å². The normalized spacial score (nSPS) is 17.7. The van der Waals surface area contributed by atoms with Gasteiger partial charge in [-0.05, 0) is 49.4 Å². The van der Waals surface area contributed by atoms with Crippen LogP contribution in [0.25, 0.3) is 0 Å². The summed E-state index contributed by atoms with van der Waals surface area (Å²) in [4.78, 5) is 22.6. The Kier molecular flexibility index (Phi) is 4.84. The zero-order chi connectivity index (χ0) is 19.0. The van der Waals surface area contributed by atoms with Gasteiger partial charge in [0.15, 0.2) is 0 Å². The minimum atomic E-state index is -4.38. The van der Waals surface area contributed by atoms with E-state index in [0.717, 1.165) is 30.0 Å². The Morgan fingerprint density at radius 1 is 1.07 bits per heavy atom. The summed E-state index contributed by atoms with van der Waals surface area (Å²) in [6, 6.07) is 4.49. The monoisotopic (exact) mass is 395 g/mol. The molecule has 1 saturated heterocycles. The molecule has 2 aromatic heterocycles. The summed E-state index contributed by atoms with van der Waals surface area (Å²) in [6.45, 7) is 2.22. The van der Waals surface area contributed by atoms with Crippen molar-refractivity contribution in [3.05, 3.63) is 45.3 Å². The Balaban J connectivity index is 1.38. The first-order valence-corrected chi connectivity index (χ1v) is 9.92. The molecule has 0 saturated carbocycles. The van der Waals surface area contributed by atoms with Gasteiger partial charge in [0.1, 0.15) is 5.82 Å². The summed E-state index contributed by atoms with van der Waals surface area (Å²) in [6.07, 6.45) is 1.00. The second-order valence-corrected chi connectivity index (χ2v) is 8.09. The van der Waals surface area contributed by atoms with Gasteiger partial charge in [0.05, 0.1) is 10.4 Å². The number of pyridine rings is 1. The fourth-order valence-electron chi connectivity index (χ4n) is 3.63. The number of hydrogen-bond donors (Lipinski definition) is 0. The molecule has 0 N–H and O–H groups in total. The van der Waals surface area contributed by atoms with E-state index in [4.69, 9.17) is 0 Å². The molecule has 0 atom stereocenters. The average Bonchev–Trinajstić information content (AvgIpc) is 3.11. The molecule has 0 spiro atoms. The van der Waals surface area contributed by atoms with Crippen LogP contribution in [0.15, 0.2) is 24.4 Å². The van der Waals surface area contributed by atoms with Crippen LogP contribution in [0.3, 0.4) is 0 Å². The number of alkyl halides is 3. The topological polar surface area (TPSA) is 36.4 Å². The molecule has 0 aromatic carbocycles. The Hall–Kier alpha value is -2.09. The standard InChI is InChI=1S/C19H20F3N3OS/c20-19(21,22)14-5-6-17(23-12-14)24-7-9-25(10-8-24)18(26)16-11-13-3-1-2-4-15(13)27-16/h5-6,11-12H,1-4,7-10H2. The maximum Gasteiger partial charge on any atom is 0.417 e. The lowest BCUT2D eigenvalue weighted by Crippen LogP contribution is -2.48. The third kappa shape index (κ3) is 3.81. The molecule has 0 bridgehead atoms. The molecular formula is C19H20F3N3OS. The second-order valence-electron chi connectivity index (χ2n) is 6.95. The molecule has 4 nitrogen and oxygen atoms in total. The van der Waals surface area contributed by atoms with Gasteiger partial charge < -0.3 is 9.80 Å². The summed E-state index contributed by atoms with van der Waals surface area (Å²) < 4.78 is 38.0. The van der Waals surface area contributed by atoms with Crippen molar-refractivity contribution in [2.45, 2.75) is 31.9 Å². The molecule has 2 aliphatic rings. The van der Waals surface area contributed by atoms with Gasteiger partial charge >= 0.3 is 6.18 Å². The Morgan fingerprint density at radius 2 is 1.81 bits per heavy atom. The molecule has 0 radical (unpaired) electrons. The zero-order valence-corrected chi connectivity index (χ0v) is 15.6. The number of halogens is 3. The van der Waals surface area contributed by atoms with Crippen molar-refractivity contribution < 1.29 is 18.0 Å². The Bertz CT molecular complexity index is 800. The van der Waals surface area contributed by atoms with Gasteiger partial charge in [0.25, 0.3) is 5.91 Å². The van der Waals surface area contributed by atoms with Crippen LogP contribution in [-0.2, 0) is 19.0 Å². The average molecular weight is 395 g/mol. The van der Waals surface area contributed by atoms with Gasteiger partial charge in [-0.25, -0.2) is 4.98 Å². The number of fused-ring (bicyclic) bond motifs is 1. The lowest BCUT2D eigenvalue weighted by molar-refractivity contribution is -0.137. The first kappa shape index (κ1) is 18.3. The number of carbonyl (C=O) groups excluding carboxylic acids is 1. The number of piperazine rings is 1. The van der Waals surface area contributed by atoms with E-state index >= 15 is 0 Å². The summed E-state index contributed by atoms with van der Waals surface area (Å²) in [5.41, 5.74) is 0.573. The van der Waals surface area contributed by atoms with Crippen molar-refractivity contribution in [3.63, 3.8) is 0 Å². The largest absolute Gasteiger partial charge is 0.417 e. The minimum absolute atomic E-state index is 0.0643. The third-order valence-corrected chi connectivity index (χ3v) is 6.40. The number of aromatic nitrogens is 1. The summed E-state index contributed by atoms with van der Waals surface area (Å²) in [7, 11) is 0. The number of anilines is 1. The van der Waals surface area contributed by atoms with Gasteiger partial charge in [0, 0.05) is 37.3 Å². The number of thiophene rings is 1. The molecule has 1 amide bonds. The van der Waals surface area contributed by atoms with E-state index < -0.39 is 11.7 Å². The van der Waals surface area contributed by atoms with E-state index in [9.17, 15) is 18.0 Å². The van der Waals surface area contributed by atoms with Crippen molar-refractivity contribution in [3.8, 4) is 0 Å². The molecule has 1 aliphatic carbocycles. The molecule has 8 heteroatoms. The van der Waals surface area contributed by atoms with Crippen LogP contribution in [0.2, 0.25) is 0 Å². The predicted octanol–water partition coefficient (Wildman–Crippen LogP) is 4.00. The predicted molar refractivity (Wildman–Crippen MR) is 98.3 cm³/mol. The van der Waals surface area contributed by atoms with E-state index in [2.05, 4.69) is 4.98 Å². The zero-order valence-electron chi connectivity index (χ0n) is 14.8. The van der Waals surface area contributed by atoms with Crippen LogP contribution in [0.1, 0.15) is 38.5 Å². The fourth-order valence-corrected chi connectivity index (χ4v) is 4.85. The van der Waals surface area contributed by atoms with Crippen LogP contribution >= 0.6 is 11.3 Å². The van der Waals surface area contributed by atoms with Crippen LogP contribution in [0, 0.1) is 0 Å². The van der Waals surface area contributed by atoms with Crippen molar-refractivity contribution in [2.75, 3.05) is 31.1 Å². The molecule has 2 aromatic rings. The highest BCUT2D eigenvalue weighted by Gasteiger charge is 2.31. The summed E-state index contributed by atoms with van der Waals surface area (Å²) >= 11 is 1.61. The van der Waals surface area contributed by atoms with E-state index in [0.29, 0.717) is 32.0 Å². The molecular weight excluding hydrogens is 375 g/mol. The molecule has 0 unspecified atom stereocenters. The number of nitrogens with zero attached hydrogens (tertiary/aromatic N) is 3. The highest BCUT2D eigenvalue weighted by atomic mass is 32.1. The van der Waals surface area contributed by atoms with Gasteiger partial charge in [-0.3, -0.25) is 4.79 Å². The van der Waals surface area contributed by atoms with E-state index in [-0.39, 0.29) is 5.91 Å². The molecule has 1 aliphatic heterocycles. The minimum Gasteiger partial charge on any atom is -0.353 e. The van der Waals surface area contributed by atoms with Crippen LogP contribution < -0.4 is 4.90 Å². The lowest BCUT2D eigenvalue weighted by Gasteiger charge is -2.35. The lowest BCUT2D eigenvalue weighted by atomic mass is 9.99. The summed E-state index contributed by atoms with van der Waals surface area (Å²) in [5, 5.41) is 0. The second kappa shape index (κ2) is 7.14. The fraction of sp³-hybridized carbons (Fsp3) is 0.474. The smallest absolute Gasteiger partial charge is 0.353 e. The molecule has 3 heterocycles. The summed E-state index contributed by atoms with van der Waals surface area (Å²) in [5.74, 6) is 0.580. The van der Waals surface area contributed by atoms with Gasteiger partial charge in [-0.15, -0.1) is 11.3 Å². The van der Waals surface area contributed by atoms with Gasteiger partial charge in [-0.1, -0.05) is 0 Å². The van der Waals surface area contributed by atoms with Crippen molar-refractivity contribution in [1.82, 2.24) is 9.88 Å². The number of rotatable bonds is 2. The first-order chi connectivity index (χ1) is 12.9. The number of amides is 1. The maximum absolute atomic E-state index is 12.8. The van der Waals surface area contributed by atoms with E-state index in [1.54, 1.807) is 11.3 Å². The highest BCUT2D eigenvalue weighted by molar-refractivity contribution is 7.14. The molecule has 144 valence electrons. The highest BCUT2D eigenvalue weighted by Crippen LogP contribution is 2.31. The van der Waals surface area contributed by atoms with Gasteiger partial charge in [-0.2, -0.15) is 13.2 Å². The maximum atomic E-state index is 12.8. The number of aryl methyl sites for hydroxylation is 2. The van der Waals surface area contributed by atoms with Crippen LogP contribution in [0.4, 0.5) is 19.0 Å². The Labute approximate surface area is 159 Å². The van der Waals surface area contributed by atoms with Gasteiger partial charge in [0.2, 0.25) is 0 Å². The number of hydrogen-bond acceptors (Lipinski definition) is 4. The SMILES string of the molecule is O=C(c1cc2c(s1)CCCC2)N1CCN(c2ccc(C(F)(F)F)cn2)CC1. The first-order valence-electron chi connectivity index (χ1n) is 9.11. The van der Waals surface area contributed by atoms with E-state index in [1.807, 2.05) is 15.9 Å². The van der Waals surface area contributed by atoms with Crippen LogP contribution in [0.5, 0.6) is 0 Å². The van der Waals surface area contributed by atoms with Crippen molar-refractivity contribution >= 4 is 23.1 Å². The van der Waals surface area contributed by atoms with E-state index in [1.165, 1.54) is 29.3 Å². The number of carbonyl (C=O) groups is 1. The van der Waals surface area contributed by atoms with Crippen LogP contribution in [-0.4, -0.2) is 42.0 Å². The van der Waals surface area contributed by atoms with Crippen molar-refractivity contribution in [1.29, 1.82) is 0 Å². The molecule has 4 rings (SSSR count). The molecule has 27 heavy (non-hydrogen) atoms. The third-order valence-electron chi connectivity index (χ3n) is 5.17. The molecule has 1 fully saturated rings. The Morgan fingerprint density at radius 3 is 2.44 bits per heavy atom.